The highest BCUT2D eigenvalue weighted by atomic mass is 15.1. The van der Waals surface area contributed by atoms with Gasteiger partial charge in [-0.05, 0) is 26.9 Å². The molecule has 1 aromatic heterocycles. The Morgan fingerprint density at radius 3 is 2.19 bits per heavy atom. The zero-order valence-electron chi connectivity index (χ0n) is 14.8. The van der Waals surface area contributed by atoms with Crippen LogP contribution in [-0.2, 0) is 5.41 Å². The van der Waals surface area contributed by atoms with Gasteiger partial charge in [-0.25, -0.2) is 9.97 Å². The minimum atomic E-state index is -0.118. The van der Waals surface area contributed by atoms with Gasteiger partial charge in [-0.15, -0.1) is 0 Å². The monoisotopic (exact) mass is 293 g/mol. The van der Waals surface area contributed by atoms with Crippen LogP contribution in [0.3, 0.4) is 0 Å². The number of aromatic nitrogens is 2. The average Bonchev–Trinajstić information content (AvgIpc) is 2.31. The van der Waals surface area contributed by atoms with E-state index in [1.807, 2.05) is 6.92 Å². The lowest BCUT2D eigenvalue weighted by atomic mass is 9.95. The molecule has 5 nitrogen and oxygen atoms in total. The third-order valence-corrected chi connectivity index (χ3v) is 3.54. The van der Waals surface area contributed by atoms with Crippen LogP contribution < -0.4 is 11.1 Å². The summed E-state index contributed by atoms with van der Waals surface area (Å²) in [5.74, 6) is 2.69. The molecule has 3 N–H and O–H groups in total. The van der Waals surface area contributed by atoms with Gasteiger partial charge in [0, 0.05) is 23.6 Å². The lowest BCUT2D eigenvalue weighted by Crippen LogP contribution is -2.37. The molecule has 0 radical (unpaired) electrons. The zero-order chi connectivity index (χ0) is 16.4. The van der Waals surface area contributed by atoms with Crippen LogP contribution in [0.15, 0.2) is 0 Å². The van der Waals surface area contributed by atoms with Crippen molar-refractivity contribution in [1.29, 1.82) is 0 Å². The Kier molecular flexibility index (Phi) is 5.56. The van der Waals surface area contributed by atoms with Crippen molar-refractivity contribution in [3.8, 4) is 0 Å². The van der Waals surface area contributed by atoms with Gasteiger partial charge < -0.3 is 16.0 Å². The number of hydrogen-bond acceptors (Lipinski definition) is 5. The van der Waals surface area contributed by atoms with E-state index in [-0.39, 0.29) is 5.41 Å². The van der Waals surface area contributed by atoms with Gasteiger partial charge in [-0.3, -0.25) is 0 Å². The van der Waals surface area contributed by atoms with E-state index in [1.165, 1.54) is 0 Å². The highest BCUT2D eigenvalue weighted by molar-refractivity contribution is 5.55. The number of nitrogens with two attached hydrogens (primary N) is 1. The number of nitrogens with one attached hydrogen (secondary N) is 1. The quantitative estimate of drug-likeness (QED) is 0.873. The van der Waals surface area contributed by atoms with Crippen molar-refractivity contribution >= 4 is 11.6 Å². The Labute approximate surface area is 129 Å². The largest absolute Gasteiger partial charge is 0.383 e. The first-order valence-corrected chi connectivity index (χ1v) is 7.58. The molecular weight excluding hydrogens is 262 g/mol. The van der Waals surface area contributed by atoms with E-state index in [0.29, 0.717) is 17.8 Å². The van der Waals surface area contributed by atoms with Gasteiger partial charge in [0.15, 0.2) is 0 Å². The van der Waals surface area contributed by atoms with Crippen LogP contribution in [0, 0.1) is 12.8 Å². The summed E-state index contributed by atoms with van der Waals surface area (Å²) in [6, 6.07) is 0.320. The number of anilines is 2. The van der Waals surface area contributed by atoms with Gasteiger partial charge in [-0.2, -0.15) is 0 Å². The Bertz CT molecular complexity index is 474. The molecule has 0 fully saturated rings. The second kappa shape index (κ2) is 6.60. The van der Waals surface area contributed by atoms with Crippen LogP contribution in [0.4, 0.5) is 11.6 Å². The fourth-order valence-electron chi connectivity index (χ4n) is 2.00. The lowest BCUT2D eigenvalue weighted by Gasteiger charge is -2.28. The third kappa shape index (κ3) is 4.84. The van der Waals surface area contributed by atoms with E-state index in [4.69, 9.17) is 10.7 Å². The smallest absolute Gasteiger partial charge is 0.138 e. The van der Waals surface area contributed by atoms with Crippen LogP contribution in [0.2, 0.25) is 0 Å². The molecule has 0 saturated heterocycles. The van der Waals surface area contributed by atoms with Crippen molar-refractivity contribution in [3.63, 3.8) is 0 Å². The normalized spacial score (nSPS) is 13.8. The van der Waals surface area contributed by atoms with Crippen LogP contribution in [-0.4, -0.2) is 41.5 Å². The van der Waals surface area contributed by atoms with Crippen molar-refractivity contribution < 1.29 is 0 Å². The summed E-state index contributed by atoms with van der Waals surface area (Å²) in [6.07, 6.45) is 0. The van der Waals surface area contributed by atoms with Crippen LogP contribution in [0.1, 0.15) is 46.0 Å². The zero-order valence-corrected chi connectivity index (χ0v) is 14.8. The second-order valence-electron chi connectivity index (χ2n) is 7.41. The molecule has 1 heterocycles. The molecule has 0 bridgehead atoms. The number of likely N-dealkylation sites (N-methyl/N-ethyl adjacent to an activating group) is 1. The average molecular weight is 293 g/mol. The molecule has 0 aliphatic heterocycles. The summed E-state index contributed by atoms with van der Waals surface area (Å²) >= 11 is 0. The van der Waals surface area contributed by atoms with Gasteiger partial charge >= 0.3 is 0 Å². The van der Waals surface area contributed by atoms with Crippen molar-refractivity contribution in [3.05, 3.63) is 11.4 Å². The molecule has 1 unspecified atom stereocenters. The number of hydrogen-bond donors (Lipinski definition) is 2. The maximum Gasteiger partial charge on any atom is 0.138 e. The summed E-state index contributed by atoms with van der Waals surface area (Å²) < 4.78 is 0. The van der Waals surface area contributed by atoms with Crippen molar-refractivity contribution in [2.75, 3.05) is 31.7 Å². The van der Waals surface area contributed by atoms with Gasteiger partial charge in [-0.1, -0.05) is 34.6 Å². The standard InChI is InChI=1S/C16H31N5/c1-10(2)12(9-21(7)8)18-14-11(3)13(17)19-15(20-14)16(4,5)6/h10,12H,9H2,1-8H3,(H3,17,18,19,20). The van der Waals surface area contributed by atoms with Crippen molar-refractivity contribution in [2.45, 2.75) is 53.0 Å². The molecule has 5 heteroatoms. The first-order valence-electron chi connectivity index (χ1n) is 7.58. The first kappa shape index (κ1) is 17.7. The SMILES string of the molecule is Cc1c(N)nc(C(C)(C)C)nc1NC(CN(C)C)C(C)C. The molecule has 0 spiro atoms. The molecule has 0 aromatic carbocycles. The third-order valence-electron chi connectivity index (χ3n) is 3.54. The Morgan fingerprint density at radius 2 is 1.76 bits per heavy atom. The van der Waals surface area contributed by atoms with Crippen LogP contribution in [0.5, 0.6) is 0 Å². The highest BCUT2D eigenvalue weighted by Crippen LogP contribution is 2.25. The number of nitrogens with zero attached hydrogens (tertiary/aromatic N) is 3. The lowest BCUT2D eigenvalue weighted by molar-refractivity contribution is 0.344. The molecule has 0 amide bonds. The molecule has 1 aromatic rings. The molecule has 0 aliphatic carbocycles. The summed E-state index contributed by atoms with van der Waals surface area (Å²) in [5.41, 5.74) is 6.88. The Hall–Kier alpha value is -1.36. The van der Waals surface area contributed by atoms with Crippen LogP contribution >= 0.6 is 0 Å². The molecule has 0 aliphatic rings. The summed E-state index contributed by atoms with van der Waals surface area (Å²) in [5, 5.41) is 3.56. The highest BCUT2D eigenvalue weighted by Gasteiger charge is 2.22. The Balaban J connectivity index is 3.13. The molecule has 0 saturated carbocycles. The fourth-order valence-corrected chi connectivity index (χ4v) is 2.00. The second-order valence-corrected chi connectivity index (χ2v) is 7.41. The van der Waals surface area contributed by atoms with Crippen molar-refractivity contribution in [1.82, 2.24) is 14.9 Å². The van der Waals surface area contributed by atoms with E-state index in [1.54, 1.807) is 0 Å². The van der Waals surface area contributed by atoms with E-state index in [9.17, 15) is 0 Å². The first-order chi connectivity index (χ1) is 9.52. The molecular formula is C16H31N5. The maximum absolute atomic E-state index is 6.07. The van der Waals surface area contributed by atoms with E-state index >= 15 is 0 Å². The van der Waals surface area contributed by atoms with Gasteiger partial charge in [0.05, 0.1) is 0 Å². The summed E-state index contributed by atoms with van der Waals surface area (Å²) in [4.78, 5) is 11.3. The summed E-state index contributed by atoms with van der Waals surface area (Å²) in [6.45, 7) is 13.6. The van der Waals surface area contributed by atoms with Gasteiger partial charge in [0.25, 0.3) is 0 Å². The van der Waals surface area contributed by atoms with Gasteiger partial charge in [0.2, 0.25) is 0 Å². The van der Waals surface area contributed by atoms with E-state index < -0.39 is 0 Å². The molecule has 1 atom stereocenters. The predicted octanol–water partition coefficient (Wildman–Crippen LogP) is 2.66. The fraction of sp³-hybridized carbons (Fsp3) is 0.750. The minimum Gasteiger partial charge on any atom is -0.383 e. The van der Waals surface area contributed by atoms with E-state index in [2.05, 4.69) is 63.9 Å². The molecule has 21 heavy (non-hydrogen) atoms. The molecule has 120 valence electrons. The maximum atomic E-state index is 6.07. The van der Waals surface area contributed by atoms with E-state index in [0.717, 1.165) is 23.8 Å². The molecule has 1 rings (SSSR count). The Morgan fingerprint density at radius 1 is 1.19 bits per heavy atom. The van der Waals surface area contributed by atoms with Crippen molar-refractivity contribution in [2.24, 2.45) is 5.92 Å². The summed E-state index contributed by atoms with van der Waals surface area (Å²) in [7, 11) is 4.16. The van der Waals surface area contributed by atoms with Gasteiger partial charge in [0.1, 0.15) is 17.5 Å². The minimum absolute atomic E-state index is 0.118. The number of rotatable bonds is 5. The number of nitrogen functional groups attached to an aromatic ring is 1. The predicted molar refractivity (Wildman–Crippen MR) is 90.7 cm³/mol. The van der Waals surface area contributed by atoms with Crippen LogP contribution in [0.25, 0.3) is 0 Å². The topological polar surface area (TPSA) is 67.1 Å².